The Morgan fingerprint density at radius 2 is 2.18 bits per heavy atom. The summed E-state index contributed by atoms with van der Waals surface area (Å²) in [6, 6.07) is 3.06. The lowest BCUT2D eigenvalue weighted by Gasteiger charge is -2.20. The fourth-order valence-corrected chi connectivity index (χ4v) is 5.08. The van der Waals surface area contributed by atoms with Gasteiger partial charge in [0.2, 0.25) is 0 Å². The van der Waals surface area contributed by atoms with Crippen LogP contribution in [0, 0.1) is 0 Å². The van der Waals surface area contributed by atoms with E-state index in [4.69, 9.17) is 15.2 Å². The van der Waals surface area contributed by atoms with Gasteiger partial charge < -0.3 is 30.4 Å². The number of aliphatic hydroxyl groups excluding tert-OH is 1. The fourth-order valence-electron chi connectivity index (χ4n) is 4.00. The van der Waals surface area contributed by atoms with Crippen molar-refractivity contribution in [3.05, 3.63) is 41.0 Å². The number of fused-ring (bicyclic) bond motifs is 2. The van der Waals surface area contributed by atoms with E-state index in [-0.39, 0.29) is 22.9 Å². The minimum absolute atomic E-state index is 0.0247. The molecule has 1 aromatic carbocycles. The number of benzene rings is 1. The number of nitrogen functional groups attached to an aromatic ring is 1. The first-order chi connectivity index (χ1) is 16.2. The smallest absolute Gasteiger partial charge is 0.340 e. The molecule has 178 valence electrons. The summed E-state index contributed by atoms with van der Waals surface area (Å²) in [4.78, 5) is 28.3. The number of aromatic amines is 1. The van der Waals surface area contributed by atoms with Crippen molar-refractivity contribution in [3.8, 4) is 5.75 Å². The van der Waals surface area contributed by atoms with Crippen molar-refractivity contribution in [2.24, 2.45) is 0 Å². The van der Waals surface area contributed by atoms with Crippen LogP contribution in [0.1, 0.15) is 16.6 Å². The Kier molecular flexibility index (Phi) is 5.75. The molecule has 0 saturated carbocycles. The summed E-state index contributed by atoms with van der Waals surface area (Å²) < 4.78 is 25.6. The molecule has 0 amide bonds. The van der Waals surface area contributed by atoms with Crippen LogP contribution in [0.3, 0.4) is 0 Å². The van der Waals surface area contributed by atoms with E-state index in [1.54, 1.807) is 6.07 Å². The number of esters is 1. The zero-order chi connectivity index (χ0) is 24.1. The average Bonchev–Trinajstić information content (AvgIpc) is 3.46. The standard InChI is InChI=1S/C20H19BrN6O6S/c1-34(31)5-13-16(33-20(30)9-4-23-11-3-10(21)12(28)2-8(9)11)15(29)19(32-13)27-7-26-14-17(22)24-6-25-18(14)27/h2-4,6-7,13,15-16,19,23,28-29H,5H2,1H3,(H2,22,24,25)/t13-,15-,16-,19-,34?/m1/s1. The number of aromatic nitrogens is 5. The van der Waals surface area contributed by atoms with Gasteiger partial charge in [-0.05, 0) is 28.1 Å². The number of halogens is 1. The third-order valence-electron chi connectivity index (χ3n) is 5.58. The number of H-pyrrole nitrogens is 1. The molecule has 4 aromatic rings. The van der Waals surface area contributed by atoms with Crippen LogP contribution >= 0.6 is 15.9 Å². The number of nitrogens with two attached hydrogens (primary N) is 1. The molecule has 1 aliphatic heterocycles. The predicted molar refractivity (Wildman–Crippen MR) is 125 cm³/mol. The van der Waals surface area contributed by atoms with Crippen LogP contribution < -0.4 is 5.73 Å². The number of ether oxygens (including phenoxy) is 2. The first-order valence-electron chi connectivity index (χ1n) is 10.0. The summed E-state index contributed by atoms with van der Waals surface area (Å²) in [6.07, 6.45) is 1.27. The third kappa shape index (κ3) is 3.81. The quantitative estimate of drug-likeness (QED) is 0.264. The highest BCUT2D eigenvalue weighted by Gasteiger charge is 2.48. The normalized spacial score (nSPS) is 23.5. The molecule has 1 unspecified atom stereocenters. The van der Waals surface area contributed by atoms with Crippen LogP contribution in [0.25, 0.3) is 22.1 Å². The molecule has 5 N–H and O–H groups in total. The number of hydrogen-bond acceptors (Lipinski definition) is 10. The molecule has 3 aromatic heterocycles. The van der Waals surface area contributed by atoms with Gasteiger partial charge in [0.25, 0.3) is 0 Å². The van der Waals surface area contributed by atoms with Crippen LogP contribution in [0.15, 0.2) is 35.5 Å². The molecule has 5 rings (SSSR count). The zero-order valence-corrected chi connectivity index (χ0v) is 20.0. The van der Waals surface area contributed by atoms with E-state index < -0.39 is 41.3 Å². The lowest BCUT2D eigenvalue weighted by molar-refractivity contribution is -0.0296. The second-order valence-electron chi connectivity index (χ2n) is 7.80. The van der Waals surface area contributed by atoms with Crippen LogP contribution in [-0.2, 0) is 20.3 Å². The molecular weight excluding hydrogens is 532 g/mol. The highest BCUT2D eigenvalue weighted by atomic mass is 79.9. The molecule has 14 heteroatoms. The monoisotopic (exact) mass is 550 g/mol. The number of carbonyl (C=O) groups excluding carboxylic acids is 1. The van der Waals surface area contributed by atoms with Crippen LogP contribution in [0.5, 0.6) is 5.75 Å². The lowest BCUT2D eigenvalue weighted by atomic mass is 10.1. The van der Waals surface area contributed by atoms with E-state index in [1.165, 1.54) is 35.7 Å². The molecule has 0 spiro atoms. The maximum atomic E-state index is 13.1. The van der Waals surface area contributed by atoms with Crippen molar-refractivity contribution in [1.82, 2.24) is 24.5 Å². The van der Waals surface area contributed by atoms with Crippen molar-refractivity contribution in [2.75, 3.05) is 17.7 Å². The number of imidazole rings is 1. The van der Waals surface area contributed by atoms with Gasteiger partial charge in [-0.2, -0.15) is 0 Å². The largest absolute Gasteiger partial charge is 0.507 e. The highest BCUT2D eigenvalue weighted by molar-refractivity contribution is 9.10. The number of phenols is 1. The average molecular weight is 551 g/mol. The van der Waals surface area contributed by atoms with Gasteiger partial charge in [0, 0.05) is 34.2 Å². The fraction of sp³-hybridized carbons (Fsp3) is 0.300. The minimum atomic E-state index is -1.32. The Balaban J connectivity index is 1.47. The molecule has 0 radical (unpaired) electrons. The van der Waals surface area contributed by atoms with Crippen molar-refractivity contribution in [3.63, 3.8) is 0 Å². The number of rotatable bonds is 5. The summed E-state index contributed by atoms with van der Waals surface area (Å²) in [7, 11) is -1.31. The summed E-state index contributed by atoms with van der Waals surface area (Å²) in [6.45, 7) is 0. The van der Waals surface area contributed by atoms with E-state index in [0.29, 0.717) is 26.5 Å². The van der Waals surface area contributed by atoms with E-state index in [0.717, 1.165) is 0 Å². The van der Waals surface area contributed by atoms with Gasteiger partial charge >= 0.3 is 5.97 Å². The molecule has 1 fully saturated rings. The SMILES string of the molecule is CS(=O)C[C@H]1O[C@@H](n2cnc3c(N)ncnc32)[C@H](O)[C@@H]1OC(=O)c1c[nH]c2cc(Br)c(O)cc12. The Labute approximate surface area is 202 Å². The second-order valence-corrected chi connectivity index (χ2v) is 10.1. The molecule has 0 bridgehead atoms. The number of aliphatic hydroxyl groups is 1. The molecule has 5 atom stereocenters. The molecule has 1 saturated heterocycles. The first-order valence-corrected chi connectivity index (χ1v) is 12.5. The van der Waals surface area contributed by atoms with E-state index in [9.17, 15) is 19.2 Å². The molecule has 34 heavy (non-hydrogen) atoms. The van der Waals surface area contributed by atoms with Gasteiger partial charge in [-0.1, -0.05) is 0 Å². The first kappa shape index (κ1) is 22.7. The predicted octanol–water partition coefficient (Wildman–Crippen LogP) is 1.22. The molecule has 0 aliphatic carbocycles. The van der Waals surface area contributed by atoms with Crippen molar-refractivity contribution in [2.45, 2.75) is 24.5 Å². The van der Waals surface area contributed by atoms with Gasteiger partial charge in [-0.25, -0.2) is 19.7 Å². The second kappa shape index (κ2) is 8.61. The van der Waals surface area contributed by atoms with Gasteiger partial charge in [-0.3, -0.25) is 8.78 Å². The van der Waals surface area contributed by atoms with Gasteiger partial charge in [0.1, 0.15) is 29.8 Å². The maximum absolute atomic E-state index is 13.1. The Bertz CT molecular complexity index is 1440. The Hall–Kier alpha value is -3.07. The molecule has 12 nitrogen and oxygen atoms in total. The summed E-state index contributed by atoms with van der Waals surface area (Å²) >= 11 is 3.23. The number of aromatic hydroxyl groups is 1. The number of nitrogens with one attached hydrogen (secondary N) is 1. The number of carbonyl (C=O) groups is 1. The lowest BCUT2D eigenvalue weighted by Crippen LogP contribution is -2.38. The molecule has 1 aliphatic rings. The van der Waals surface area contributed by atoms with E-state index in [2.05, 4.69) is 35.9 Å². The summed E-state index contributed by atoms with van der Waals surface area (Å²) in [5.41, 5.74) is 7.28. The van der Waals surface area contributed by atoms with Gasteiger partial charge in [0.15, 0.2) is 23.8 Å². The number of nitrogens with zero attached hydrogens (tertiary/aromatic N) is 4. The highest BCUT2D eigenvalue weighted by Crippen LogP contribution is 2.36. The van der Waals surface area contributed by atoms with Crippen molar-refractivity contribution < 1.29 is 28.7 Å². The van der Waals surface area contributed by atoms with E-state index in [1.807, 2.05) is 0 Å². The third-order valence-corrected chi connectivity index (χ3v) is 7.01. The number of hydrogen-bond donors (Lipinski definition) is 4. The van der Waals surface area contributed by atoms with Crippen LogP contribution in [0.2, 0.25) is 0 Å². The summed E-state index contributed by atoms with van der Waals surface area (Å²) in [5.74, 6) is -0.593. The topological polar surface area (TPSA) is 178 Å². The number of anilines is 1. The van der Waals surface area contributed by atoms with E-state index >= 15 is 0 Å². The Morgan fingerprint density at radius 3 is 2.94 bits per heavy atom. The van der Waals surface area contributed by atoms with Gasteiger partial charge in [-0.15, -0.1) is 0 Å². The maximum Gasteiger partial charge on any atom is 0.340 e. The summed E-state index contributed by atoms with van der Waals surface area (Å²) in [5, 5.41) is 21.6. The Morgan fingerprint density at radius 1 is 1.38 bits per heavy atom. The van der Waals surface area contributed by atoms with Crippen molar-refractivity contribution in [1.29, 1.82) is 0 Å². The van der Waals surface area contributed by atoms with Crippen molar-refractivity contribution >= 4 is 60.6 Å². The molecular formula is C20H19BrN6O6S. The number of phenolic OH excluding ortho intramolecular Hbond substituents is 1. The van der Waals surface area contributed by atoms with Crippen LogP contribution in [0.4, 0.5) is 5.82 Å². The van der Waals surface area contributed by atoms with Crippen LogP contribution in [-0.4, -0.2) is 75.2 Å². The zero-order valence-electron chi connectivity index (χ0n) is 17.6. The van der Waals surface area contributed by atoms with Gasteiger partial charge in [0.05, 0.1) is 22.1 Å². The minimum Gasteiger partial charge on any atom is -0.507 e. The molecule has 4 heterocycles.